The molecule has 0 amide bonds. The number of hydrogen-bond acceptors (Lipinski definition) is 4. The van der Waals surface area contributed by atoms with Gasteiger partial charge in [0.05, 0.1) is 0 Å². The molecule has 1 rings (SSSR count). The average molecular weight is 435 g/mol. The third-order valence-corrected chi connectivity index (χ3v) is 5.54. The lowest BCUT2D eigenvalue weighted by Crippen LogP contribution is -2.16. The molecule has 0 aliphatic carbocycles. The van der Waals surface area contributed by atoms with Crippen molar-refractivity contribution >= 4 is 23.1 Å². The molecule has 0 bridgehead atoms. The lowest BCUT2D eigenvalue weighted by atomic mass is 9.89. The van der Waals surface area contributed by atoms with E-state index in [9.17, 15) is 23.6 Å². The van der Waals surface area contributed by atoms with Gasteiger partial charge in [-0.1, -0.05) is 41.5 Å². The zero-order valence-corrected chi connectivity index (χ0v) is 20.4. The number of benzene rings is 1. The molecule has 2 atom stereocenters. The molecule has 4 nitrogen and oxygen atoms in total. The first kappa shape index (κ1) is 28.8. The zero-order valence-electron chi connectivity index (χ0n) is 20.4. The molecule has 0 saturated carbocycles. The maximum Gasteiger partial charge on any atom is 0.166 e. The highest BCUT2D eigenvalue weighted by Gasteiger charge is 2.22. The second kappa shape index (κ2) is 14.0. The fourth-order valence-corrected chi connectivity index (χ4v) is 2.96. The van der Waals surface area contributed by atoms with Crippen molar-refractivity contribution in [3.05, 3.63) is 34.6 Å². The molecule has 0 aliphatic heterocycles. The van der Waals surface area contributed by atoms with Gasteiger partial charge in [0, 0.05) is 35.8 Å². The first-order chi connectivity index (χ1) is 14.4. The quantitative estimate of drug-likeness (QED) is 0.362. The van der Waals surface area contributed by atoms with Crippen molar-refractivity contribution in [2.24, 2.45) is 11.8 Å². The van der Waals surface area contributed by atoms with Gasteiger partial charge in [-0.25, -0.2) is 4.39 Å². The van der Waals surface area contributed by atoms with Crippen molar-refractivity contribution < 1.29 is 23.6 Å². The van der Waals surface area contributed by atoms with E-state index in [0.29, 0.717) is 36.8 Å². The van der Waals surface area contributed by atoms with E-state index in [0.717, 1.165) is 6.42 Å². The van der Waals surface area contributed by atoms with Crippen LogP contribution in [0, 0.1) is 17.7 Å². The third-order valence-electron chi connectivity index (χ3n) is 5.54. The normalized spacial score (nSPS) is 12.6. The molecule has 174 valence electrons. The van der Waals surface area contributed by atoms with Crippen LogP contribution >= 0.6 is 0 Å². The van der Waals surface area contributed by atoms with Gasteiger partial charge >= 0.3 is 0 Å². The Morgan fingerprint density at radius 3 is 1.87 bits per heavy atom. The number of halogens is 1. The van der Waals surface area contributed by atoms with Crippen LogP contribution in [0.2, 0.25) is 0 Å². The van der Waals surface area contributed by atoms with E-state index in [2.05, 4.69) is 0 Å². The fourth-order valence-electron chi connectivity index (χ4n) is 2.96. The minimum absolute atomic E-state index is 0.0224. The summed E-state index contributed by atoms with van der Waals surface area (Å²) in [5, 5.41) is 0. The summed E-state index contributed by atoms with van der Waals surface area (Å²) in [5.41, 5.74) is 1.02. The Hall–Kier alpha value is -2.17. The first-order valence-electron chi connectivity index (χ1n) is 11.3. The molecule has 0 heterocycles. The summed E-state index contributed by atoms with van der Waals surface area (Å²) in [6.45, 7) is 14.3. The van der Waals surface area contributed by atoms with Crippen LogP contribution in [0.1, 0.15) is 120 Å². The summed E-state index contributed by atoms with van der Waals surface area (Å²) in [4.78, 5) is 45.8. The predicted molar refractivity (Wildman–Crippen MR) is 123 cm³/mol. The van der Waals surface area contributed by atoms with Crippen molar-refractivity contribution in [3.63, 3.8) is 0 Å². The summed E-state index contributed by atoms with van der Waals surface area (Å²) in [7, 11) is 0. The summed E-state index contributed by atoms with van der Waals surface area (Å²) in [6, 6.07) is 2.75. The summed E-state index contributed by atoms with van der Waals surface area (Å²) in [5.74, 6) is -0.494. The van der Waals surface area contributed by atoms with E-state index in [4.69, 9.17) is 0 Å². The highest BCUT2D eigenvalue weighted by atomic mass is 19.1. The Bertz CT molecular complexity index is 780. The first-order valence-corrected chi connectivity index (χ1v) is 11.3. The van der Waals surface area contributed by atoms with E-state index >= 15 is 0 Å². The molecule has 2 unspecified atom stereocenters. The van der Waals surface area contributed by atoms with Crippen LogP contribution in [0.25, 0.3) is 0 Å². The van der Waals surface area contributed by atoms with Gasteiger partial charge in [-0.15, -0.1) is 0 Å². The van der Waals surface area contributed by atoms with Crippen LogP contribution in [0.3, 0.4) is 0 Å². The fraction of sp³-hybridized carbons (Fsp3) is 0.615. The van der Waals surface area contributed by atoms with E-state index in [1.807, 2.05) is 34.6 Å². The zero-order chi connectivity index (χ0) is 24.3. The van der Waals surface area contributed by atoms with Gasteiger partial charge in [-0.3, -0.25) is 19.2 Å². The molecule has 0 fully saturated rings. The molecule has 0 spiro atoms. The molecule has 5 heteroatoms. The number of carbonyl (C=O) groups is 4. The van der Waals surface area contributed by atoms with E-state index < -0.39 is 5.82 Å². The Morgan fingerprint density at radius 2 is 1.45 bits per heavy atom. The molecule has 0 N–H and O–H groups in total. The van der Waals surface area contributed by atoms with E-state index in [-0.39, 0.29) is 46.5 Å². The molecular formula is C26H39FO4. The van der Waals surface area contributed by atoms with Crippen LogP contribution in [-0.2, 0) is 9.59 Å². The number of Topliss-reactive ketones (excluding diaryl/α,β-unsaturated/α-hetero) is 4. The van der Waals surface area contributed by atoms with Crippen LogP contribution in [0.15, 0.2) is 12.1 Å². The molecular weight excluding hydrogens is 395 g/mol. The summed E-state index contributed by atoms with van der Waals surface area (Å²) < 4.78 is 14.0. The average Bonchev–Trinajstić information content (AvgIpc) is 2.70. The van der Waals surface area contributed by atoms with Crippen molar-refractivity contribution in [1.82, 2.24) is 0 Å². The van der Waals surface area contributed by atoms with Crippen molar-refractivity contribution in [3.8, 4) is 0 Å². The Morgan fingerprint density at radius 1 is 0.871 bits per heavy atom. The molecule has 31 heavy (non-hydrogen) atoms. The second-order valence-corrected chi connectivity index (χ2v) is 8.64. The molecule has 0 saturated heterocycles. The van der Waals surface area contributed by atoms with E-state index in [1.54, 1.807) is 13.8 Å². The second-order valence-electron chi connectivity index (χ2n) is 8.64. The molecule has 0 aromatic heterocycles. The van der Waals surface area contributed by atoms with Crippen molar-refractivity contribution in [1.29, 1.82) is 0 Å². The summed E-state index contributed by atoms with van der Waals surface area (Å²) >= 11 is 0. The van der Waals surface area contributed by atoms with Gasteiger partial charge in [-0.05, 0) is 56.7 Å². The smallest absolute Gasteiger partial charge is 0.166 e. The Kier molecular flexibility index (Phi) is 13.0. The van der Waals surface area contributed by atoms with Crippen LogP contribution in [-0.4, -0.2) is 23.1 Å². The molecule has 1 aromatic rings. The van der Waals surface area contributed by atoms with Gasteiger partial charge < -0.3 is 0 Å². The minimum Gasteiger partial charge on any atom is -0.300 e. The molecule has 1 aromatic carbocycles. The van der Waals surface area contributed by atoms with Gasteiger partial charge in [-0.2, -0.15) is 0 Å². The van der Waals surface area contributed by atoms with Crippen LogP contribution in [0.5, 0.6) is 0 Å². The predicted octanol–water partition coefficient (Wildman–Crippen LogP) is 6.74. The van der Waals surface area contributed by atoms with E-state index in [1.165, 1.54) is 19.1 Å². The number of ketones is 4. The lowest BCUT2D eigenvalue weighted by molar-refractivity contribution is -0.121. The topological polar surface area (TPSA) is 68.3 Å². The standard InChI is InChI=1S/C16H21FO2.C10H18O2/c1-6-10(4)16(19)14-8-15(17)12(9(2)3)7-13(14)11(5)18;1-4-5-10(12)7-6-8(2)9(3)11/h7-10H,6H2,1-5H3;8H,4-7H2,1-3H3. The molecule has 0 radical (unpaired) electrons. The monoisotopic (exact) mass is 434 g/mol. The van der Waals surface area contributed by atoms with Crippen LogP contribution in [0.4, 0.5) is 4.39 Å². The number of carbonyl (C=O) groups excluding carboxylic acids is 4. The lowest BCUT2D eigenvalue weighted by Gasteiger charge is -2.15. The Balaban J connectivity index is 0.000000649. The van der Waals surface area contributed by atoms with Crippen molar-refractivity contribution in [2.75, 3.05) is 0 Å². The SMILES string of the molecule is CCC(C)C(=O)c1cc(F)c(C(C)C)cc1C(C)=O.CCCC(=O)CCC(C)C(C)=O. The van der Waals surface area contributed by atoms with Crippen molar-refractivity contribution in [2.45, 2.75) is 93.4 Å². The third kappa shape index (κ3) is 9.67. The largest absolute Gasteiger partial charge is 0.300 e. The van der Waals surface area contributed by atoms with Gasteiger partial charge in [0.2, 0.25) is 0 Å². The minimum atomic E-state index is -0.411. The number of hydrogen-bond donors (Lipinski definition) is 0. The van der Waals surface area contributed by atoms with Gasteiger partial charge in [0.1, 0.15) is 17.4 Å². The molecule has 0 aliphatic rings. The van der Waals surface area contributed by atoms with Gasteiger partial charge in [0.15, 0.2) is 11.6 Å². The maximum absolute atomic E-state index is 14.0. The van der Waals surface area contributed by atoms with Gasteiger partial charge in [0.25, 0.3) is 0 Å². The number of rotatable bonds is 11. The maximum atomic E-state index is 14.0. The summed E-state index contributed by atoms with van der Waals surface area (Å²) in [6.07, 6.45) is 3.52. The van der Waals surface area contributed by atoms with Crippen LogP contribution < -0.4 is 0 Å². The Labute approximate surface area is 187 Å². The highest BCUT2D eigenvalue weighted by Crippen LogP contribution is 2.25. The highest BCUT2D eigenvalue weighted by molar-refractivity contribution is 6.08.